The number of aliphatic hydroxyl groups excluding tert-OH is 2. The maximum atomic E-state index is 11.6. The molecule has 0 saturated heterocycles. The third-order valence-corrected chi connectivity index (χ3v) is 6.21. The summed E-state index contributed by atoms with van der Waals surface area (Å²) in [6, 6.07) is 4.99. The minimum absolute atomic E-state index is 0.0171. The van der Waals surface area contributed by atoms with Gasteiger partial charge in [0.2, 0.25) is 0 Å². The van der Waals surface area contributed by atoms with Gasteiger partial charge < -0.3 is 20.1 Å². The van der Waals surface area contributed by atoms with Crippen LogP contribution in [0.25, 0.3) is 6.08 Å². The lowest BCUT2D eigenvalue weighted by atomic mass is 9.81. The molecule has 31 heavy (non-hydrogen) atoms. The molecule has 1 aliphatic heterocycles. The third-order valence-electron chi connectivity index (χ3n) is 5.80. The molecule has 0 saturated carbocycles. The first-order valence-corrected chi connectivity index (χ1v) is 11.2. The van der Waals surface area contributed by atoms with Crippen LogP contribution in [-0.4, -0.2) is 39.6 Å². The molecule has 0 aliphatic carbocycles. The average molecular weight is 449 g/mol. The van der Waals surface area contributed by atoms with Crippen LogP contribution in [0.1, 0.15) is 45.6 Å². The van der Waals surface area contributed by atoms with E-state index in [1.54, 1.807) is 36.4 Å². The van der Waals surface area contributed by atoms with Crippen molar-refractivity contribution >= 4 is 23.6 Å². The van der Waals surface area contributed by atoms with Gasteiger partial charge in [0, 0.05) is 18.4 Å². The Balaban J connectivity index is 1.84. The second-order valence-electron chi connectivity index (χ2n) is 8.32. The molecule has 0 amide bonds. The monoisotopic (exact) mass is 448 g/mol. The summed E-state index contributed by atoms with van der Waals surface area (Å²) in [4.78, 5) is 11.6. The minimum atomic E-state index is -0.795. The molecule has 1 heterocycles. The third kappa shape index (κ3) is 7.53. The molecule has 2 rings (SSSR count). The second-order valence-corrected chi connectivity index (χ2v) is 8.70. The van der Waals surface area contributed by atoms with Gasteiger partial charge in [0.15, 0.2) is 0 Å². The molecule has 3 N–H and O–H groups in total. The summed E-state index contributed by atoms with van der Waals surface area (Å²) in [5.74, 6) is -0.0517. The van der Waals surface area contributed by atoms with Gasteiger partial charge in [-0.2, -0.15) is 0 Å². The lowest BCUT2D eigenvalue weighted by Crippen LogP contribution is -2.36. The number of hydrogen-bond acceptors (Lipinski definition) is 5. The lowest BCUT2D eigenvalue weighted by molar-refractivity contribution is -0.150. The highest BCUT2D eigenvalue weighted by Gasteiger charge is 2.32. The van der Waals surface area contributed by atoms with Gasteiger partial charge in [-0.3, -0.25) is 0 Å². The zero-order chi connectivity index (χ0) is 23.0. The van der Waals surface area contributed by atoms with Crippen molar-refractivity contribution in [2.24, 2.45) is 17.8 Å². The Labute approximate surface area is 189 Å². The molecule has 0 fully saturated rings. The summed E-state index contributed by atoms with van der Waals surface area (Å²) in [5.41, 5.74) is 0.673. The Morgan fingerprint density at radius 3 is 2.65 bits per heavy atom. The molecule has 5 nitrogen and oxygen atoms in total. The van der Waals surface area contributed by atoms with Crippen molar-refractivity contribution in [2.45, 2.75) is 58.3 Å². The van der Waals surface area contributed by atoms with Crippen LogP contribution in [-0.2, 0) is 9.53 Å². The molecule has 1 aromatic rings. The fraction of sp³-hybridized carbons (Fsp3) is 0.480. The molecule has 0 aromatic heterocycles. The van der Waals surface area contributed by atoms with Gasteiger partial charge in [0.1, 0.15) is 11.9 Å². The number of aliphatic hydroxyl groups is 2. The molecular formula is C25H33ClO5. The van der Waals surface area contributed by atoms with E-state index in [9.17, 15) is 20.1 Å². The SMILES string of the molecule is CCC1C=CC(=O)OC1[C@H](C)CC(C)[C@@H](O)CC(O)/C=C\C=C/c1cccc(O)c1Cl. The number of aromatic hydroxyl groups is 1. The summed E-state index contributed by atoms with van der Waals surface area (Å²) in [7, 11) is 0. The number of hydrogen-bond donors (Lipinski definition) is 3. The lowest BCUT2D eigenvalue weighted by Gasteiger charge is -2.33. The summed E-state index contributed by atoms with van der Waals surface area (Å²) in [6.07, 6.45) is 10.3. The van der Waals surface area contributed by atoms with Crippen molar-refractivity contribution in [1.29, 1.82) is 0 Å². The van der Waals surface area contributed by atoms with E-state index in [0.29, 0.717) is 12.0 Å². The average Bonchev–Trinajstić information content (AvgIpc) is 2.73. The molecular weight excluding hydrogens is 416 g/mol. The Hall–Kier alpha value is -2.08. The van der Waals surface area contributed by atoms with E-state index in [4.69, 9.17) is 16.3 Å². The normalized spacial score (nSPS) is 23.1. The van der Waals surface area contributed by atoms with Gasteiger partial charge in [0.05, 0.1) is 17.2 Å². The Kier molecular flexibility index (Phi) is 9.82. The molecule has 1 aromatic carbocycles. The number of carbonyl (C=O) groups is 1. The van der Waals surface area contributed by atoms with E-state index in [2.05, 4.69) is 6.92 Å². The molecule has 170 valence electrons. The van der Waals surface area contributed by atoms with E-state index >= 15 is 0 Å². The Morgan fingerprint density at radius 2 is 1.94 bits per heavy atom. The molecule has 0 bridgehead atoms. The zero-order valence-corrected chi connectivity index (χ0v) is 19.1. The fourth-order valence-electron chi connectivity index (χ4n) is 3.93. The number of phenols is 1. The van der Waals surface area contributed by atoms with E-state index in [0.717, 1.165) is 6.42 Å². The maximum absolute atomic E-state index is 11.6. The van der Waals surface area contributed by atoms with Gasteiger partial charge >= 0.3 is 5.97 Å². The molecule has 0 spiro atoms. The standard InChI is InChI=1S/C25H33ClO5/c1-4-18-12-13-23(30)31-25(18)17(3)14-16(2)22(29)15-20(27)10-6-5-8-19-9-7-11-21(28)24(19)26/h5-13,16-18,20,22,25,27-29H,4,14-15H2,1-3H3/b8-5-,10-6-/t16?,17-,18?,20?,22+,25?/m1/s1. The second kappa shape index (κ2) is 12.1. The van der Waals surface area contributed by atoms with Crippen molar-refractivity contribution in [1.82, 2.24) is 0 Å². The van der Waals surface area contributed by atoms with Crippen molar-refractivity contribution in [3.8, 4) is 5.75 Å². The van der Waals surface area contributed by atoms with Crippen LogP contribution in [0.4, 0.5) is 0 Å². The summed E-state index contributed by atoms with van der Waals surface area (Å²) in [6.45, 7) is 6.05. The summed E-state index contributed by atoms with van der Waals surface area (Å²) >= 11 is 6.02. The topological polar surface area (TPSA) is 87.0 Å². The van der Waals surface area contributed by atoms with Crippen LogP contribution in [0, 0.1) is 17.8 Å². The van der Waals surface area contributed by atoms with E-state index in [-0.39, 0.29) is 47.0 Å². The molecule has 6 atom stereocenters. The zero-order valence-electron chi connectivity index (χ0n) is 18.3. The predicted octanol–water partition coefficient (Wildman–Crippen LogP) is 4.90. The molecule has 1 aliphatic rings. The fourth-order valence-corrected chi connectivity index (χ4v) is 4.12. The highest BCUT2D eigenvalue weighted by Crippen LogP contribution is 2.31. The number of benzene rings is 1. The van der Waals surface area contributed by atoms with Gasteiger partial charge in [-0.1, -0.05) is 74.9 Å². The van der Waals surface area contributed by atoms with Crippen LogP contribution in [0.2, 0.25) is 5.02 Å². The Morgan fingerprint density at radius 1 is 1.19 bits per heavy atom. The van der Waals surface area contributed by atoms with Crippen LogP contribution >= 0.6 is 11.6 Å². The highest BCUT2D eigenvalue weighted by molar-refractivity contribution is 6.33. The number of cyclic esters (lactones) is 1. The number of esters is 1. The van der Waals surface area contributed by atoms with E-state index < -0.39 is 12.2 Å². The van der Waals surface area contributed by atoms with Crippen molar-refractivity contribution in [2.75, 3.05) is 0 Å². The minimum Gasteiger partial charge on any atom is -0.506 e. The van der Waals surface area contributed by atoms with Crippen molar-refractivity contribution in [3.05, 3.63) is 59.2 Å². The van der Waals surface area contributed by atoms with Gasteiger partial charge in [0.25, 0.3) is 0 Å². The van der Waals surface area contributed by atoms with Crippen molar-refractivity contribution in [3.63, 3.8) is 0 Å². The number of rotatable bonds is 10. The number of halogens is 1. The van der Waals surface area contributed by atoms with Crippen molar-refractivity contribution < 1.29 is 24.9 Å². The quantitative estimate of drug-likeness (QED) is 0.350. The summed E-state index contributed by atoms with van der Waals surface area (Å²) in [5, 5.41) is 30.6. The molecule has 6 heteroatoms. The van der Waals surface area contributed by atoms with Gasteiger partial charge in [-0.05, 0) is 36.3 Å². The first kappa shape index (κ1) is 25.2. The van der Waals surface area contributed by atoms with Gasteiger partial charge in [-0.15, -0.1) is 0 Å². The first-order valence-electron chi connectivity index (χ1n) is 10.8. The van der Waals surface area contributed by atoms with Crippen LogP contribution in [0.5, 0.6) is 5.75 Å². The number of allylic oxidation sites excluding steroid dienone is 2. The summed E-state index contributed by atoms with van der Waals surface area (Å²) < 4.78 is 5.53. The maximum Gasteiger partial charge on any atom is 0.330 e. The number of ether oxygens (including phenoxy) is 1. The predicted molar refractivity (Wildman–Crippen MR) is 124 cm³/mol. The van der Waals surface area contributed by atoms with Crippen LogP contribution < -0.4 is 0 Å². The van der Waals surface area contributed by atoms with E-state index in [1.807, 2.05) is 19.9 Å². The van der Waals surface area contributed by atoms with E-state index in [1.165, 1.54) is 12.1 Å². The molecule has 0 radical (unpaired) electrons. The number of phenolic OH excluding ortho intramolecular Hbond substituents is 1. The molecule has 4 unspecified atom stereocenters. The largest absolute Gasteiger partial charge is 0.506 e. The van der Waals surface area contributed by atoms with Gasteiger partial charge in [-0.25, -0.2) is 4.79 Å². The Bertz CT molecular complexity index is 816. The number of carbonyl (C=O) groups excluding carboxylic acids is 1. The smallest absolute Gasteiger partial charge is 0.330 e. The first-order chi connectivity index (χ1) is 14.7. The van der Waals surface area contributed by atoms with Crippen LogP contribution in [0.3, 0.4) is 0 Å². The van der Waals surface area contributed by atoms with Crippen LogP contribution in [0.15, 0.2) is 48.6 Å². The highest BCUT2D eigenvalue weighted by atomic mass is 35.5.